The van der Waals surface area contributed by atoms with Crippen LogP contribution in [0.2, 0.25) is 0 Å². The van der Waals surface area contributed by atoms with Crippen LogP contribution in [-0.2, 0) is 32.0 Å². The number of methoxy groups -OCH3 is 1. The number of nitrogens with zero attached hydrogens (tertiary/aromatic N) is 2. The minimum Gasteiger partial charge on any atom is -0.464 e. The Morgan fingerprint density at radius 2 is 1.87 bits per heavy atom. The number of alkyl halides is 3. The van der Waals surface area contributed by atoms with E-state index in [1.807, 2.05) is 0 Å². The molecule has 0 unspecified atom stereocenters. The Hall–Kier alpha value is -3.36. The molecule has 0 amide bonds. The fourth-order valence-electron chi connectivity index (χ4n) is 2.72. The van der Waals surface area contributed by atoms with Crippen LogP contribution in [0.1, 0.15) is 33.4 Å². The number of ether oxygens (including phenoxy) is 1. The lowest BCUT2D eigenvalue weighted by Crippen LogP contribution is -2.20. The molecule has 0 aromatic heterocycles. The van der Waals surface area contributed by atoms with Crippen molar-refractivity contribution in [3.8, 4) is 0 Å². The molecule has 0 saturated heterocycles. The summed E-state index contributed by atoms with van der Waals surface area (Å²) in [7, 11) is 2.50. The first-order valence-electron chi connectivity index (χ1n) is 8.80. The van der Waals surface area contributed by atoms with Gasteiger partial charge in [-0.25, -0.2) is 4.79 Å². The Balaban J connectivity index is 2.28. The Morgan fingerprint density at radius 3 is 2.50 bits per heavy atom. The highest BCUT2D eigenvalue weighted by Crippen LogP contribution is 2.32. The summed E-state index contributed by atoms with van der Waals surface area (Å²) in [6.07, 6.45) is -3.51. The predicted octanol–water partition coefficient (Wildman–Crippen LogP) is 4.40. The maximum absolute atomic E-state index is 13.2. The number of aryl methyl sites for hydroxylation is 2. The van der Waals surface area contributed by atoms with E-state index in [1.165, 1.54) is 20.3 Å². The van der Waals surface area contributed by atoms with E-state index < -0.39 is 17.7 Å². The van der Waals surface area contributed by atoms with E-state index in [4.69, 9.17) is 14.4 Å². The van der Waals surface area contributed by atoms with Gasteiger partial charge in [-0.15, -0.1) is 0 Å². The lowest BCUT2D eigenvalue weighted by molar-refractivity contribution is -0.137. The van der Waals surface area contributed by atoms with E-state index >= 15 is 0 Å². The molecule has 6 nitrogen and oxygen atoms in total. The quantitative estimate of drug-likeness (QED) is 0.377. The summed E-state index contributed by atoms with van der Waals surface area (Å²) in [5.74, 6) is -0.707. The number of halogens is 3. The third-order valence-corrected chi connectivity index (χ3v) is 4.22. The monoisotopic (exact) mass is 422 g/mol. The zero-order valence-corrected chi connectivity index (χ0v) is 16.9. The van der Waals surface area contributed by atoms with Gasteiger partial charge >= 0.3 is 12.1 Å². The molecule has 0 bridgehead atoms. The average Bonchev–Trinajstić information content (AvgIpc) is 2.70. The van der Waals surface area contributed by atoms with Crippen molar-refractivity contribution in [3.63, 3.8) is 0 Å². The number of hydrogen-bond acceptors (Lipinski definition) is 6. The van der Waals surface area contributed by atoms with Crippen LogP contribution in [-0.4, -0.2) is 32.1 Å². The van der Waals surface area contributed by atoms with Gasteiger partial charge in [-0.05, 0) is 25.5 Å². The number of benzene rings is 2. The maximum atomic E-state index is 13.2. The average molecular weight is 422 g/mol. The first-order valence-corrected chi connectivity index (χ1v) is 8.80. The number of oxime groups is 2. The molecule has 9 heteroatoms. The largest absolute Gasteiger partial charge is 0.464 e. The Labute approximate surface area is 171 Å². The van der Waals surface area contributed by atoms with Crippen LogP contribution < -0.4 is 0 Å². The third kappa shape index (κ3) is 5.59. The summed E-state index contributed by atoms with van der Waals surface area (Å²) in [6, 6.07) is 9.06. The summed E-state index contributed by atoms with van der Waals surface area (Å²) in [5, 5.41) is 7.39. The summed E-state index contributed by atoms with van der Waals surface area (Å²) in [5.41, 5.74) is 1.24. The molecule has 0 aliphatic heterocycles. The van der Waals surface area contributed by atoms with Gasteiger partial charge in [0.2, 0.25) is 0 Å². The van der Waals surface area contributed by atoms with Crippen LogP contribution in [0.4, 0.5) is 13.2 Å². The van der Waals surface area contributed by atoms with Gasteiger partial charge in [0.25, 0.3) is 0 Å². The second-order valence-corrected chi connectivity index (χ2v) is 6.31. The molecule has 0 N–H and O–H groups in total. The second kappa shape index (κ2) is 9.91. The van der Waals surface area contributed by atoms with Crippen molar-refractivity contribution in [3.05, 3.63) is 69.8 Å². The van der Waals surface area contributed by atoms with E-state index in [0.717, 1.165) is 17.8 Å². The number of carbonyl (C=O) groups is 1. The van der Waals surface area contributed by atoms with Crippen molar-refractivity contribution in [1.29, 1.82) is 0 Å². The van der Waals surface area contributed by atoms with E-state index in [-0.39, 0.29) is 17.9 Å². The summed E-state index contributed by atoms with van der Waals surface area (Å²) in [6.45, 7) is 3.26. The highest BCUT2D eigenvalue weighted by Gasteiger charge is 2.33. The zero-order valence-electron chi connectivity index (χ0n) is 16.9. The number of carbonyl (C=O) groups excluding carboxylic acids is 1. The molecule has 0 aliphatic carbocycles. The Morgan fingerprint density at radius 1 is 1.13 bits per heavy atom. The van der Waals surface area contributed by atoms with Gasteiger partial charge in [-0.1, -0.05) is 46.2 Å². The molecule has 160 valence electrons. The molecule has 0 radical (unpaired) electrons. The first kappa shape index (κ1) is 22.9. The van der Waals surface area contributed by atoms with E-state index in [9.17, 15) is 18.0 Å². The van der Waals surface area contributed by atoms with Crippen LogP contribution in [0.5, 0.6) is 0 Å². The molecule has 0 spiro atoms. The normalized spacial score (nSPS) is 12.2. The van der Waals surface area contributed by atoms with Gasteiger partial charge < -0.3 is 14.4 Å². The van der Waals surface area contributed by atoms with Gasteiger partial charge in [-0.2, -0.15) is 13.2 Å². The molecule has 0 aliphatic rings. The lowest BCUT2D eigenvalue weighted by Gasteiger charge is -2.12. The third-order valence-electron chi connectivity index (χ3n) is 4.22. The van der Waals surface area contributed by atoms with Crippen molar-refractivity contribution in [2.45, 2.75) is 26.6 Å². The van der Waals surface area contributed by atoms with Gasteiger partial charge in [0, 0.05) is 16.7 Å². The number of hydrogen-bond donors (Lipinski definition) is 0. The zero-order chi connectivity index (χ0) is 22.3. The van der Waals surface area contributed by atoms with Crippen LogP contribution in [0.15, 0.2) is 46.7 Å². The van der Waals surface area contributed by atoms with Crippen molar-refractivity contribution in [2.24, 2.45) is 10.3 Å². The van der Waals surface area contributed by atoms with Crippen molar-refractivity contribution in [2.75, 3.05) is 14.2 Å². The highest BCUT2D eigenvalue weighted by atomic mass is 19.4. The standard InChI is InChI=1S/C21H21F3N2O4/c1-13-8-9-15(18(10-13)21(22,23)24)11-25-30-12-17-14(2)6-5-7-16(17)19(26-29-4)20(27)28-3/h5-11H,12H2,1-4H3/b25-11+,26-19+. The van der Waals surface area contributed by atoms with Gasteiger partial charge in [-0.3, -0.25) is 0 Å². The fourth-order valence-corrected chi connectivity index (χ4v) is 2.72. The first-order chi connectivity index (χ1) is 14.2. The fraction of sp³-hybridized carbons (Fsp3) is 0.286. The minimum absolute atomic E-state index is 0.0656. The predicted molar refractivity (Wildman–Crippen MR) is 105 cm³/mol. The topological polar surface area (TPSA) is 69.5 Å². The van der Waals surface area contributed by atoms with Crippen LogP contribution in [0.25, 0.3) is 0 Å². The van der Waals surface area contributed by atoms with Crippen LogP contribution >= 0.6 is 0 Å². The molecule has 0 heterocycles. The maximum Gasteiger partial charge on any atom is 0.417 e. The summed E-state index contributed by atoms with van der Waals surface area (Å²) < 4.78 is 44.3. The molecule has 0 saturated carbocycles. The smallest absolute Gasteiger partial charge is 0.417 e. The van der Waals surface area contributed by atoms with Gasteiger partial charge in [0.1, 0.15) is 13.7 Å². The van der Waals surface area contributed by atoms with E-state index in [0.29, 0.717) is 16.7 Å². The van der Waals surface area contributed by atoms with Gasteiger partial charge in [0.05, 0.1) is 18.9 Å². The van der Waals surface area contributed by atoms with Crippen LogP contribution in [0, 0.1) is 13.8 Å². The lowest BCUT2D eigenvalue weighted by atomic mass is 9.99. The Bertz CT molecular complexity index is 969. The molecule has 0 atom stereocenters. The summed E-state index contributed by atoms with van der Waals surface area (Å²) in [4.78, 5) is 22.0. The molecular formula is C21H21F3N2O4. The van der Waals surface area contributed by atoms with Crippen molar-refractivity contribution < 1.29 is 32.4 Å². The molecule has 2 rings (SSSR count). The minimum atomic E-state index is -4.51. The van der Waals surface area contributed by atoms with Crippen molar-refractivity contribution in [1.82, 2.24) is 0 Å². The second-order valence-electron chi connectivity index (χ2n) is 6.31. The molecule has 2 aromatic carbocycles. The van der Waals surface area contributed by atoms with Crippen LogP contribution in [0.3, 0.4) is 0 Å². The molecular weight excluding hydrogens is 401 g/mol. The van der Waals surface area contributed by atoms with E-state index in [2.05, 4.69) is 10.3 Å². The highest BCUT2D eigenvalue weighted by molar-refractivity contribution is 6.43. The van der Waals surface area contributed by atoms with Crippen molar-refractivity contribution >= 4 is 17.9 Å². The molecule has 0 fully saturated rings. The number of rotatable bonds is 7. The number of esters is 1. The SMILES string of the molecule is CO/N=C(/C(=O)OC)c1cccc(C)c1CO/N=C/c1ccc(C)cc1C(F)(F)F. The van der Waals surface area contributed by atoms with E-state index in [1.54, 1.807) is 38.1 Å². The Kier molecular flexibility index (Phi) is 7.57. The molecule has 2 aromatic rings. The summed E-state index contributed by atoms with van der Waals surface area (Å²) >= 11 is 0. The van der Waals surface area contributed by atoms with Gasteiger partial charge in [0.15, 0.2) is 5.71 Å². The molecule has 30 heavy (non-hydrogen) atoms.